The molecule has 0 aromatic heterocycles. The van der Waals surface area contributed by atoms with Gasteiger partial charge in [-0.05, 0) is 80.7 Å². The van der Waals surface area contributed by atoms with Gasteiger partial charge in [0, 0.05) is 71.2 Å². The number of halogens is 6. The van der Waals surface area contributed by atoms with Gasteiger partial charge in [0.05, 0.1) is 6.10 Å². The summed E-state index contributed by atoms with van der Waals surface area (Å²) in [5, 5.41) is 31.6. The number of benzene rings is 2. The van der Waals surface area contributed by atoms with Gasteiger partial charge in [0.2, 0.25) is 0 Å². The number of hydrogen-bond acceptors (Lipinski definition) is 6. The van der Waals surface area contributed by atoms with Crippen molar-refractivity contribution in [2.75, 3.05) is 44.2 Å². The van der Waals surface area contributed by atoms with Crippen LogP contribution in [0.5, 0.6) is 0 Å². The molecule has 3 aliphatic rings. The highest BCUT2D eigenvalue weighted by Crippen LogP contribution is 2.43. The van der Waals surface area contributed by atoms with E-state index in [0.29, 0.717) is 48.9 Å². The van der Waals surface area contributed by atoms with Gasteiger partial charge >= 0.3 is 6.18 Å². The molecule has 2 aromatic rings. The van der Waals surface area contributed by atoms with Crippen molar-refractivity contribution in [3.63, 3.8) is 0 Å². The Morgan fingerprint density at radius 3 is 2.00 bits per heavy atom. The predicted molar refractivity (Wildman–Crippen MR) is 164 cm³/mol. The van der Waals surface area contributed by atoms with Crippen LogP contribution in [-0.4, -0.2) is 82.6 Å². The van der Waals surface area contributed by atoms with Crippen LogP contribution in [0.2, 0.25) is 15.1 Å². The Morgan fingerprint density at radius 2 is 1.48 bits per heavy atom. The van der Waals surface area contributed by atoms with E-state index in [1.807, 2.05) is 23.1 Å². The number of amides is 1. The Labute approximate surface area is 270 Å². The molecule has 0 spiro atoms. The number of rotatable bonds is 7. The minimum atomic E-state index is -5.26. The number of anilines is 1. The van der Waals surface area contributed by atoms with Crippen LogP contribution in [0.15, 0.2) is 36.4 Å². The molecule has 3 saturated heterocycles. The lowest BCUT2D eigenvalue weighted by molar-refractivity contribution is -0.262. The second kappa shape index (κ2) is 13.5. The lowest BCUT2D eigenvalue weighted by Crippen LogP contribution is -2.57. The first-order chi connectivity index (χ1) is 20.8. The number of hydrogen-bond donors (Lipinski definition) is 3. The fourth-order valence-corrected chi connectivity index (χ4v) is 7.58. The molecule has 3 atom stereocenters. The molecule has 3 heterocycles. The number of likely N-dealkylation sites (tertiary alicyclic amines) is 2. The summed E-state index contributed by atoms with van der Waals surface area (Å²) in [6, 6.07) is 8.76. The van der Waals surface area contributed by atoms with Crippen LogP contribution in [0.4, 0.5) is 18.9 Å². The van der Waals surface area contributed by atoms with E-state index in [4.69, 9.17) is 34.8 Å². The molecule has 5 rings (SSSR count). The smallest absolute Gasteiger partial charge is 0.392 e. The van der Waals surface area contributed by atoms with Crippen LogP contribution >= 0.6 is 34.8 Å². The Hall–Kier alpha value is -1.79. The Kier molecular flexibility index (Phi) is 10.3. The van der Waals surface area contributed by atoms with Gasteiger partial charge in [-0.25, -0.2) is 0 Å². The third-order valence-electron chi connectivity index (χ3n) is 9.35. The molecule has 0 radical (unpaired) electrons. The monoisotopic (exact) mass is 677 g/mol. The maximum absolute atomic E-state index is 14.1. The second-order valence-electron chi connectivity index (χ2n) is 12.3. The predicted octanol–water partition coefficient (Wildman–Crippen LogP) is 6.00. The van der Waals surface area contributed by atoms with E-state index < -0.39 is 35.6 Å². The van der Waals surface area contributed by atoms with Crippen LogP contribution in [0, 0.1) is 11.8 Å². The van der Waals surface area contributed by atoms with E-state index >= 15 is 0 Å². The molecule has 0 aliphatic carbocycles. The topological polar surface area (TPSA) is 87.5 Å². The fourth-order valence-electron chi connectivity index (χ4n) is 6.78. The molecule has 2 unspecified atom stereocenters. The molecule has 2 aromatic carbocycles. The van der Waals surface area contributed by atoms with Crippen molar-refractivity contribution < 1.29 is 33.3 Å². The standard InChI is InChI=1S/C31H37Cl3F3N3O4/c32-22-14-21(15-23(33)16-22)30(44,31(35,36)37)29(43)39-10-5-20(6-11-39)13-19-3-8-38(9-4-19)24-1-2-26(27(34)17-24)28(42)40-12-7-25(41)18-40/h1-2,14-17,19-20,25,28,41-42,44H,3-13,18H2/t25-,28?,30?/m1/s1. The largest absolute Gasteiger partial charge is 0.430 e. The molecule has 3 aliphatic heterocycles. The van der Waals surface area contributed by atoms with Crippen LogP contribution in [0.1, 0.15) is 55.9 Å². The molecule has 13 heteroatoms. The number of aliphatic hydroxyl groups is 3. The Balaban J connectivity index is 1.13. The van der Waals surface area contributed by atoms with Crippen LogP contribution in [0.3, 0.4) is 0 Å². The van der Waals surface area contributed by atoms with E-state index in [0.717, 1.165) is 55.1 Å². The number of nitrogens with zero attached hydrogens (tertiary/aromatic N) is 3. The van der Waals surface area contributed by atoms with Gasteiger partial charge in [0.25, 0.3) is 11.5 Å². The lowest BCUT2D eigenvalue weighted by Gasteiger charge is -2.40. The number of β-amino-alcohol motifs (C(OH)–C–C–N with tert-alkyl or cyclic N) is 1. The van der Waals surface area contributed by atoms with E-state index in [9.17, 15) is 33.3 Å². The molecular weight excluding hydrogens is 642 g/mol. The normalized spacial score (nSPS) is 23.2. The number of carbonyl (C=O) groups excluding carboxylic acids is 1. The third-order valence-corrected chi connectivity index (χ3v) is 10.1. The molecular formula is C31H37Cl3F3N3O4. The molecule has 7 nitrogen and oxygen atoms in total. The number of piperidine rings is 2. The molecule has 3 fully saturated rings. The Bertz CT molecular complexity index is 1320. The first kappa shape index (κ1) is 33.6. The summed E-state index contributed by atoms with van der Waals surface area (Å²) in [6.45, 7) is 2.94. The number of carbonyl (C=O) groups is 1. The molecule has 44 heavy (non-hydrogen) atoms. The van der Waals surface area contributed by atoms with Gasteiger partial charge in [-0.2, -0.15) is 13.2 Å². The zero-order valence-corrected chi connectivity index (χ0v) is 26.4. The average molecular weight is 679 g/mol. The van der Waals surface area contributed by atoms with Gasteiger partial charge in [0.1, 0.15) is 6.23 Å². The van der Waals surface area contributed by atoms with E-state index in [2.05, 4.69) is 4.90 Å². The summed E-state index contributed by atoms with van der Waals surface area (Å²) in [5.41, 5.74) is -2.83. The summed E-state index contributed by atoms with van der Waals surface area (Å²) in [7, 11) is 0. The summed E-state index contributed by atoms with van der Waals surface area (Å²) in [4.78, 5) is 18.3. The Morgan fingerprint density at radius 1 is 0.886 bits per heavy atom. The van der Waals surface area contributed by atoms with Gasteiger partial charge in [-0.3, -0.25) is 9.69 Å². The minimum absolute atomic E-state index is 0.106. The molecule has 0 saturated carbocycles. The quantitative estimate of drug-likeness (QED) is 0.333. The van der Waals surface area contributed by atoms with Crippen LogP contribution in [-0.2, 0) is 10.4 Å². The second-order valence-corrected chi connectivity index (χ2v) is 13.6. The molecule has 1 amide bonds. The lowest BCUT2D eigenvalue weighted by atomic mass is 9.82. The zero-order chi connectivity index (χ0) is 31.8. The van der Waals surface area contributed by atoms with Crippen molar-refractivity contribution in [3.05, 3.63) is 62.6 Å². The van der Waals surface area contributed by atoms with Crippen molar-refractivity contribution in [3.8, 4) is 0 Å². The van der Waals surface area contributed by atoms with Crippen molar-refractivity contribution in [2.24, 2.45) is 11.8 Å². The summed E-state index contributed by atoms with van der Waals surface area (Å²) < 4.78 is 42.4. The van der Waals surface area contributed by atoms with Gasteiger partial charge in [0.15, 0.2) is 0 Å². The SMILES string of the molecule is O=C(N1CCC(CC2CCN(c3ccc(C(O)N4CC[C@@H](O)C4)c(Cl)c3)CC2)CC1)C(O)(c1cc(Cl)cc(Cl)c1)C(F)(F)F. The van der Waals surface area contributed by atoms with E-state index in [1.54, 1.807) is 0 Å². The number of alkyl halides is 3. The van der Waals surface area contributed by atoms with E-state index in [1.165, 1.54) is 6.07 Å². The van der Waals surface area contributed by atoms with Gasteiger partial charge in [-0.15, -0.1) is 0 Å². The average Bonchev–Trinajstić information content (AvgIpc) is 3.42. The maximum atomic E-state index is 14.1. The highest BCUT2D eigenvalue weighted by atomic mass is 35.5. The van der Waals surface area contributed by atoms with Crippen LogP contribution in [0.25, 0.3) is 0 Å². The van der Waals surface area contributed by atoms with Crippen molar-refractivity contribution in [1.82, 2.24) is 9.80 Å². The fraction of sp³-hybridized carbons (Fsp3) is 0.581. The first-order valence-electron chi connectivity index (χ1n) is 15.0. The first-order valence-corrected chi connectivity index (χ1v) is 16.1. The molecule has 0 bridgehead atoms. The summed E-state index contributed by atoms with van der Waals surface area (Å²) in [5.74, 6) is -0.683. The van der Waals surface area contributed by atoms with Crippen molar-refractivity contribution in [2.45, 2.75) is 62.6 Å². The number of aliphatic hydroxyl groups excluding tert-OH is 2. The summed E-state index contributed by atoms with van der Waals surface area (Å²) in [6.07, 6.45) is -1.98. The maximum Gasteiger partial charge on any atom is 0.430 e. The molecule has 242 valence electrons. The van der Waals surface area contributed by atoms with Gasteiger partial charge < -0.3 is 25.1 Å². The zero-order valence-electron chi connectivity index (χ0n) is 24.1. The van der Waals surface area contributed by atoms with Crippen molar-refractivity contribution >= 4 is 46.4 Å². The van der Waals surface area contributed by atoms with Gasteiger partial charge in [-0.1, -0.05) is 40.9 Å². The minimum Gasteiger partial charge on any atom is -0.392 e. The van der Waals surface area contributed by atoms with Crippen molar-refractivity contribution in [1.29, 1.82) is 0 Å². The van der Waals surface area contributed by atoms with Crippen LogP contribution < -0.4 is 4.90 Å². The highest BCUT2D eigenvalue weighted by molar-refractivity contribution is 6.34. The van der Waals surface area contributed by atoms with E-state index in [-0.39, 0.29) is 29.1 Å². The third kappa shape index (κ3) is 7.12. The summed E-state index contributed by atoms with van der Waals surface area (Å²) >= 11 is 18.3. The molecule has 3 N–H and O–H groups in total. The highest BCUT2D eigenvalue weighted by Gasteiger charge is 2.62.